The minimum atomic E-state index is -0.671. The number of H-pyrrole nitrogens is 1. The molecule has 0 aliphatic carbocycles. The number of nitrogens with two attached hydrogens (primary N) is 1. The lowest BCUT2D eigenvalue weighted by Gasteiger charge is -2.23. The van der Waals surface area contributed by atoms with Crippen molar-refractivity contribution in [3.8, 4) is 0 Å². The highest BCUT2D eigenvalue weighted by Gasteiger charge is 2.22. The van der Waals surface area contributed by atoms with E-state index in [2.05, 4.69) is 4.98 Å². The normalized spacial score (nSPS) is 11.1. The van der Waals surface area contributed by atoms with Crippen LogP contribution in [0.25, 0.3) is 6.08 Å². The van der Waals surface area contributed by atoms with Crippen LogP contribution in [0.4, 0.5) is 11.5 Å². The number of anilines is 2. The van der Waals surface area contributed by atoms with Crippen LogP contribution in [-0.4, -0.2) is 22.0 Å². The highest BCUT2D eigenvalue weighted by Crippen LogP contribution is 2.20. The summed E-state index contributed by atoms with van der Waals surface area (Å²) in [6, 6.07) is 7.13. The van der Waals surface area contributed by atoms with E-state index in [9.17, 15) is 14.4 Å². The predicted molar refractivity (Wildman–Crippen MR) is 118 cm³/mol. The number of carbonyl (C=O) groups excluding carboxylic acids is 1. The molecule has 0 atom stereocenters. The third kappa shape index (κ3) is 5.60. The Bertz CT molecular complexity index is 994. The Morgan fingerprint density at radius 1 is 1.21 bits per heavy atom. The van der Waals surface area contributed by atoms with Crippen molar-refractivity contribution in [1.29, 1.82) is 0 Å². The van der Waals surface area contributed by atoms with E-state index in [4.69, 9.17) is 17.3 Å². The molecule has 0 spiro atoms. The van der Waals surface area contributed by atoms with Gasteiger partial charge in [0.15, 0.2) is 5.69 Å². The number of halogens is 1. The first-order chi connectivity index (χ1) is 13.9. The molecule has 0 saturated carbocycles. The monoisotopic (exact) mass is 418 g/mol. The molecular formula is C21H27ClN4O3. The summed E-state index contributed by atoms with van der Waals surface area (Å²) < 4.78 is 1.31. The Kier molecular flexibility index (Phi) is 8.27. The van der Waals surface area contributed by atoms with Crippen LogP contribution in [-0.2, 0) is 11.3 Å². The Hall–Kier alpha value is -2.80. The summed E-state index contributed by atoms with van der Waals surface area (Å²) in [5.74, 6) is -0.404. The van der Waals surface area contributed by atoms with E-state index in [1.54, 1.807) is 24.3 Å². The highest BCUT2D eigenvalue weighted by molar-refractivity contribution is 6.32. The van der Waals surface area contributed by atoms with Gasteiger partial charge < -0.3 is 10.6 Å². The molecule has 8 heteroatoms. The summed E-state index contributed by atoms with van der Waals surface area (Å²) in [5.41, 5.74) is 5.62. The molecule has 2 rings (SSSR count). The van der Waals surface area contributed by atoms with Crippen molar-refractivity contribution in [1.82, 2.24) is 9.55 Å². The van der Waals surface area contributed by atoms with E-state index in [0.717, 1.165) is 19.3 Å². The van der Waals surface area contributed by atoms with Gasteiger partial charge in [0.1, 0.15) is 5.82 Å². The average molecular weight is 419 g/mol. The van der Waals surface area contributed by atoms with E-state index in [1.165, 1.54) is 15.5 Å². The van der Waals surface area contributed by atoms with Gasteiger partial charge in [0.05, 0.1) is 0 Å². The summed E-state index contributed by atoms with van der Waals surface area (Å²) in [6.45, 7) is 4.65. The fourth-order valence-corrected chi connectivity index (χ4v) is 3.08. The molecule has 0 unspecified atom stereocenters. The van der Waals surface area contributed by atoms with E-state index in [1.807, 2.05) is 19.9 Å². The first kappa shape index (κ1) is 22.5. The number of carbonyl (C=O) groups is 1. The number of unbranched alkanes of at least 4 members (excludes halogenated alkanes) is 2. The number of hydrogen-bond acceptors (Lipinski definition) is 4. The maximum absolute atomic E-state index is 12.9. The van der Waals surface area contributed by atoms with Gasteiger partial charge >= 0.3 is 5.69 Å². The van der Waals surface area contributed by atoms with Crippen molar-refractivity contribution in [2.24, 2.45) is 0 Å². The summed E-state index contributed by atoms with van der Waals surface area (Å²) in [5, 5.41) is 0.516. The number of nitrogens with one attached hydrogen (secondary N) is 1. The third-order valence-electron chi connectivity index (χ3n) is 4.53. The van der Waals surface area contributed by atoms with Crippen molar-refractivity contribution in [3.63, 3.8) is 0 Å². The van der Waals surface area contributed by atoms with Gasteiger partial charge in [0, 0.05) is 24.2 Å². The van der Waals surface area contributed by atoms with Crippen LogP contribution in [0.3, 0.4) is 0 Å². The third-order valence-corrected chi connectivity index (χ3v) is 4.88. The minimum Gasteiger partial charge on any atom is -0.383 e. The lowest BCUT2D eigenvalue weighted by atomic mass is 10.2. The van der Waals surface area contributed by atoms with Crippen LogP contribution < -0.4 is 21.9 Å². The van der Waals surface area contributed by atoms with E-state index in [-0.39, 0.29) is 11.5 Å². The second kappa shape index (κ2) is 10.7. The topological polar surface area (TPSA) is 101 Å². The van der Waals surface area contributed by atoms with Crippen LogP contribution in [0.15, 0.2) is 39.9 Å². The zero-order chi connectivity index (χ0) is 21.4. The van der Waals surface area contributed by atoms with Crippen molar-refractivity contribution >= 4 is 35.1 Å². The minimum absolute atomic E-state index is 0.00259. The molecule has 2 aromatic rings. The molecule has 3 N–H and O–H groups in total. The molecule has 0 radical (unpaired) electrons. The van der Waals surface area contributed by atoms with Gasteiger partial charge in [-0.2, -0.15) is 0 Å². The Labute approximate surface area is 174 Å². The van der Waals surface area contributed by atoms with E-state index < -0.39 is 17.2 Å². The van der Waals surface area contributed by atoms with Gasteiger partial charge in [0.25, 0.3) is 11.5 Å². The largest absolute Gasteiger partial charge is 0.383 e. The summed E-state index contributed by atoms with van der Waals surface area (Å²) >= 11 is 6.14. The number of amides is 1. The fourth-order valence-electron chi connectivity index (χ4n) is 2.89. The molecule has 0 bridgehead atoms. The molecule has 156 valence electrons. The number of aromatic amines is 1. The predicted octanol–water partition coefficient (Wildman–Crippen LogP) is 3.42. The Balaban J connectivity index is 2.46. The molecule has 7 nitrogen and oxygen atoms in total. The molecule has 1 heterocycles. The standard InChI is InChI=1S/C21H27ClN4O3/c1-3-5-13-25(17(27)12-11-15-9-7-8-10-16(15)22)18-19(23)26(14-6-4-2)21(29)24-20(18)28/h7-12H,3-6,13-14,23H2,1-2H3,(H,24,28,29)/b12-11+. The van der Waals surface area contributed by atoms with Crippen LogP contribution in [0.2, 0.25) is 5.02 Å². The van der Waals surface area contributed by atoms with Crippen molar-refractivity contribution in [2.75, 3.05) is 17.2 Å². The highest BCUT2D eigenvalue weighted by atomic mass is 35.5. The lowest BCUT2D eigenvalue weighted by molar-refractivity contribution is -0.114. The van der Waals surface area contributed by atoms with Gasteiger partial charge in [-0.15, -0.1) is 0 Å². The molecule has 1 amide bonds. The van der Waals surface area contributed by atoms with Gasteiger partial charge in [-0.25, -0.2) is 4.79 Å². The van der Waals surface area contributed by atoms with Gasteiger partial charge in [0.2, 0.25) is 0 Å². The van der Waals surface area contributed by atoms with Gasteiger partial charge in [-0.05, 0) is 30.5 Å². The van der Waals surface area contributed by atoms with Crippen LogP contribution in [0.1, 0.15) is 45.1 Å². The van der Waals surface area contributed by atoms with E-state index >= 15 is 0 Å². The maximum Gasteiger partial charge on any atom is 0.330 e. The molecule has 0 aliphatic heterocycles. The molecular weight excluding hydrogens is 392 g/mol. The maximum atomic E-state index is 12.9. The number of benzene rings is 1. The van der Waals surface area contributed by atoms with Gasteiger partial charge in [-0.3, -0.25) is 19.1 Å². The van der Waals surface area contributed by atoms with Crippen molar-refractivity contribution < 1.29 is 4.79 Å². The summed E-state index contributed by atoms with van der Waals surface area (Å²) in [7, 11) is 0. The number of nitrogen functional groups attached to an aromatic ring is 1. The Morgan fingerprint density at radius 3 is 2.55 bits per heavy atom. The van der Waals surface area contributed by atoms with Crippen LogP contribution in [0, 0.1) is 0 Å². The average Bonchev–Trinajstić information content (AvgIpc) is 2.69. The summed E-state index contributed by atoms with van der Waals surface area (Å²) in [4.78, 5) is 41.3. The zero-order valence-electron chi connectivity index (χ0n) is 16.8. The number of aromatic nitrogens is 2. The molecule has 0 fully saturated rings. The number of rotatable bonds is 9. The molecule has 1 aromatic heterocycles. The second-order valence-corrected chi connectivity index (χ2v) is 7.10. The zero-order valence-corrected chi connectivity index (χ0v) is 17.5. The van der Waals surface area contributed by atoms with Crippen molar-refractivity contribution in [3.05, 3.63) is 61.8 Å². The summed E-state index contributed by atoms with van der Waals surface area (Å²) in [6.07, 6.45) is 6.05. The smallest absolute Gasteiger partial charge is 0.330 e. The lowest BCUT2D eigenvalue weighted by Crippen LogP contribution is -2.41. The van der Waals surface area contributed by atoms with Gasteiger partial charge in [-0.1, -0.05) is 56.5 Å². The van der Waals surface area contributed by atoms with Crippen LogP contribution in [0.5, 0.6) is 0 Å². The first-order valence-corrected chi connectivity index (χ1v) is 10.1. The van der Waals surface area contributed by atoms with Crippen LogP contribution >= 0.6 is 11.6 Å². The SMILES string of the molecule is CCCCN(C(=O)/C=C/c1ccccc1Cl)c1c(N)n(CCCC)c(=O)[nH]c1=O. The fraction of sp³-hybridized carbons (Fsp3) is 0.381. The molecule has 29 heavy (non-hydrogen) atoms. The van der Waals surface area contributed by atoms with E-state index in [0.29, 0.717) is 30.1 Å². The molecule has 1 aromatic carbocycles. The quantitative estimate of drug-likeness (QED) is 0.609. The molecule has 0 saturated heterocycles. The van der Waals surface area contributed by atoms with Crippen molar-refractivity contribution in [2.45, 2.75) is 46.1 Å². The first-order valence-electron chi connectivity index (χ1n) is 9.77. The number of nitrogens with zero attached hydrogens (tertiary/aromatic N) is 2. The molecule has 0 aliphatic rings. The second-order valence-electron chi connectivity index (χ2n) is 6.70. The number of hydrogen-bond donors (Lipinski definition) is 2. The Morgan fingerprint density at radius 2 is 1.90 bits per heavy atom.